The van der Waals surface area contributed by atoms with Gasteiger partial charge in [0, 0.05) is 16.6 Å². The molecule has 116 valence electrons. The van der Waals surface area contributed by atoms with E-state index in [2.05, 4.69) is 6.07 Å². The van der Waals surface area contributed by atoms with E-state index in [0.717, 1.165) is 48.5 Å². The summed E-state index contributed by atoms with van der Waals surface area (Å²) in [4.78, 5) is 0. The Morgan fingerprint density at radius 1 is 1.05 bits per heavy atom. The van der Waals surface area contributed by atoms with Gasteiger partial charge in [-0.3, -0.25) is 4.21 Å². The predicted octanol–water partition coefficient (Wildman–Crippen LogP) is 3.99. The van der Waals surface area contributed by atoms with Crippen LogP contribution < -0.4 is 9.47 Å². The Labute approximate surface area is 129 Å². The van der Waals surface area contributed by atoms with Crippen molar-refractivity contribution in [1.82, 2.24) is 0 Å². The van der Waals surface area contributed by atoms with Crippen molar-refractivity contribution in [2.75, 3.05) is 12.9 Å². The second-order valence-electron chi connectivity index (χ2n) is 6.00. The van der Waals surface area contributed by atoms with Crippen molar-refractivity contribution < 1.29 is 13.7 Å². The quantitative estimate of drug-likeness (QED) is 0.843. The Kier molecular flexibility index (Phi) is 4.84. The molecular formula is C17H24O3S. The minimum atomic E-state index is -0.746. The smallest absolute Gasteiger partial charge is 0.161 e. The molecule has 0 bridgehead atoms. The van der Waals surface area contributed by atoms with Gasteiger partial charge in [0.05, 0.1) is 18.5 Å². The van der Waals surface area contributed by atoms with Gasteiger partial charge in [0.25, 0.3) is 0 Å². The molecule has 2 atom stereocenters. The Balaban J connectivity index is 1.83. The van der Waals surface area contributed by atoms with Crippen molar-refractivity contribution in [3.05, 3.63) is 23.8 Å². The third kappa shape index (κ3) is 3.42. The van der Waals surface area contributed by atoms with E-state index in [-0.39, 0.29) is 5.25 Å². The number of hydrogen-bond acceptors (Lipinski definition) is 3. The lowest BCUT2D eigenvalue weighted by atomic mass is 10.1. The molecule has 3 nitrogen and oxygen atoms in total. The third-order valence-electron chi connectivity index (χ3n) is 4.53. The largest absolute Gasteiger partial charge is 0.493 e. The Hall–Kier alpha value is -1.03. The normalized spacial score (nSPS) is 26.7. The molecule has 3 rings (SSSR count). The number of methoxy groups -OCH3 is 1. The highest BCUT2D eigenvalue weighted by Crippen LogP contribution is 2.37. The van der Waals surface area contributed by atoms with Gasteiger partial charge in [0.15, 0.2) is 11.5 Å². The lowest BCUT2D eigenvalue weighted by Gasteiger charge is -2.23. The topological polar surface area (TPSA) is 35.5 Å². The molecule has 1 heterocycles. The Morgan fingerprint density at radius 3 is 2.52 bits per heavy atom. The van der Waals surface area contributed by atoms with Gasteiger partial charge in [-0.25, -0.2) is 0 Å². The fourth-order valence-electron chi connectivity index (χ4n) is 3.34. The van der Waals surface area contributed by atoms with Gasteiger partial charge in [-0.05, 0) is 56.2 Å². The molecule has 1 aromatic rings. The van der Waals surface area contributed by atoms with E-state index in [1.165, 1.54) is 19.3 Å². The van der Waals surface area contributed by atoms with Crippen molar-refractivity contribution in [3.63, 3.8) is 0 Å². The van der Waals surface area contributed by atoms with Crippen LogP contribution >= 0.6 is 0 Å². The lowest BCUT2D eigenvalue weighted by Crippen LogP contribution is -2.16. The summed E-state index contributed by atoms with van der Waals surface area (Å²) in [5.41, 5.74) is 1.14. The van der Waals surface area contributed by atoms with Crippen LogP contribution in [0.3, 0.4) is 0 Å². The first-order valence-electron chi connectivity index (χ1n) is 7.99. The molecule has 2 aliphatic rings. The average molecular weight is 308 g/mol. The second-order valence-corrected chi connectivity index (χ2v) is 7.74. The molecule has 0 N–H and O–H groups in total. The van der Waals surface area contributed by atoms with Crippen LogP contribution in [-0.2, 0) is 10.8 Å². The zero-order chi connectivity index (χ0) is 14.7. The molecule has 0 spiro atoms. The highest BCUT2D eigenvalue weighted by Gasteiger charge is 2.25. The molecule has 2 fully saturated rings. The second kappa shape index (κ2) is 6.82. The van der Waals surface area contributed by atoms with Gasteiger partial charge in [-0.15, -0.1) is 0 Å². The molecule has 2 unspecified atom stereocenters. The maximum absolute atomic E-state index is 12.2. The van der Waals surface area contributed by atoms with Gasteiger partial charge in [0.1, 0.15) is 0 Å². The molecule has 1 aromatic carbocycles. The Morgan fingerprint density at radius 2 is 1.81 bits per heavy atom. The molecule has 1 saturated heterocycles. The van der Waals surface area contributed by atoms with Crippen LogP contribution in [0.1, 0.15) is 55.8 Å². The summed E-state index contributed by atoms with van der Waals surface area (Å²) in [6.45, 7) is 0. The molecule has 0 radical (unpaired) electrons. The van der Waals surface area contributed by atoms with Crippen molar-refractivity contribution in [2.24, 2.45) is 0 Å². The van der Waals surface area contributed by atoms with Gasteiger partial charge in [0.2, 0.25) is 0 Å². The minimum Gasteiger partial charge on any atom is -0.493 e. The summed E-state index contributed by atoms with van der Waals surface area (Å²) >= 11 is 0. The third-order valence-corrected chi connectivity index (χ3v) is 6.37. The Bertz CT molecular complexity index is 509. The highest BCUT2D eigenvalue weighted by atomic mass is 32.2. The SMILES string of the molecule is COc1ccc(C2CCCCS2=O)cc1OC1CCCC1. The summed E-state index contributed by atoms with van der Waals surface area (Å²) in [7, 11) is 0.930. The van der Waals surface area contributed by atoms with E-state index < -0.39 is 10.8 Å². The van der Waals surface area contributed by atoms with Crippen molar-refractivity contribution in [1.29, 1.82) is 0 Å². The average Bonchev–Trinajstić information content (AvgIpc) is 3.01. The van der Waals surface area contributed by atoms with Gasteiger partial charge >= 0.3 is 0 Å². The van der Waals surface area contributed by atoms with Crippen LogP contribution in [0.25, 0.3) is 0 Å². The zero-order valence-corrected chi connectivity index (χ0v) is 13.5. The van der Waals surface area contributed by atoms with E-state index >= 15 is 0 Å². The van der Waals surface area contributed by atoms with Crippen LogP contribution in [0.2, 0.25) is 0 Å². The van der Waals surface area contributed by atoms with Crippen LogP contribution in [0.5, 0.6) is 11.5 Å². The summed E-state index contributed by atoms with van der Waals surface area (Å²) in [5.74, 6) is 2.44. The monoisotopic (exact) mass is 308 g/mol. The summed E-state index contributed by atoms with van der Waals surface area (Å²) in [5, 5.41) is 0.163. The number of benzene rings is 1. The van der Waals surface area contributed by atoms with E-state index in [1.807, 2.05) is 12.1 Å². The van der Waals surface area contributed by atoms with Gasteiger partial charge in [-0.2, -0.15) is 0 Å². The first-order chi connectivity index (χ1) is 10.3. The molecular weight excluding hydrogens is 284 g/mol. The molecule has 1 aliphatic heterocycles. The van der Waals surface area contributed by atoms with Crippen LogP contribution in [0, 0.1) is 0 Å². The zero-order valence-electron chi connectivity index (χ0n) is 12.7. The fourth-order valence-corrected chi connectivity index (χ4v) is 4.99. The lowest BCUT2D eigenvalue weighted by molar-refractivity contribution is 0.200. The van der Waals surface area contributed by atoms with Crippen LogP contribution in [0.4, 0.5) is 0 Å². The maximum Gasteiger partial charge on any atom is 0.161 e. The number of ether oxygens (including phenoxy) is 2. The standard InChI is InChI=1S/C17H24O3S/c1-19-15-10-9-13(17-8-4-5-11-21(17)18)12-16(15)20-14-6-2-3-7-14/h9-10,12,14,17H,2-8,11H2,1H3. The van der Waals surface area contributed by atoms with Gasteiger partial charge in [-0.1, -0.05) is 12.5 Å². The summed E-state index contributed by atoms with van der Waals surface area (Å²) < 4.78 is 23.8. The minimum absolute atomic E-state index is 0.163. The first kappa shape index (κ1) is 14.9. The molecule has 21 heavy (non-hydrogen) atoms. The van der Waals surface area contributed by atoms with E-state index in [1.54, 1.807) is 7.11 Å². The van der Waals surface area contributed by atoms with Gasteiger partial charge < -0.3 is 9.47 Å². The molecule has 4 heteroatoms. The van der Waals surface area contributed by atoms with E-state index in [4.69, 9.17) is 9.47 Å². The summed E-state index contributed by atoms with van der Waals surface area (Å²) in [6, 6.07) is 6.07. The van der Waals surface area contributed by atoms with Crippen molar-refractivity contribution in [3.8, 4) is 11.5 Å². The maximum atomic E-state index is 12.2. The summed E-state index contributed by atoms with van der Waals surface area (Å²) in [6.07, 6.45) is 8.34. The van der Waals surface area contributed by atoms with Crippen LogP contribution in [-0.4, -0.2) is 23.2 Å². The fraction of sp³-hybridized carbons (Fsp3) is 0.647. The molecule has 0 aromatic heterocycles. The number of hydrogen-bond donors (Lipinski definition) is 0. The van der Waals surface area contributed by atoms with Crippen LogP contribution in [0.15, 0.2) is 18.2 Å². The van der Waals surface area contributed by atoms with E-state index in [9.17, 15) is 4.21 Å². The molecule has 1 aliphatic carbocycles. The van der Waals surface area contributed by atoms with E-state index in [0.29, 0.717) is 6.10 Å². The predicted molar refractivity (Wildman–Crippen MR) is 85.5 cm³/mol. The van der Waals surface area contributed by atoms with Crippen molar-refractivity contribution in [2.45, 2.75) is 56.3 Å². The van der Waals surface area contributed by atoms with Crippen molar-refractivity contribution >= 4 is 10.8 Å². The molecule has 1 saturated carbocycles. The highest BCUT2D eigenvalue weighted by molar-refractivity contribution is 7.85. The number of rotatable bonds is 4. The first-order valence-corrected chi connectivity index (χ1v) is 9.38. The molecule has 0 amide bonds.